The standard InChI is InChI=1S/C26H37N5O2/c1-16(27-2)25(32)30-23(17-8-4-3-5-9-17)26(33)31-13-12-22-24(31)20(15-29-22)19-14-28-21-11-7-6-10-18(19)21/h6-7,10-11,14,16-17,20,22-24,27-29H,3-5,8-9,12-13,15H2,1-2H3,(H,30,32)/t16-,20+,22?,23?,24?/m0/s1. The molecular weight excluding hydrogens is 414 g/mol. The van der Waals surface area contributed by atoms with E-state index in [4.69, 9.17) is 0 Å². The van der Waals surface area contributed by atoms with Gasteiger partial charge in [-0.25, -0.2) is 0 Å². The summed E-state index contributed by atoms with van der Waals surface area (Å²) in [6.45, 7) is 3.47. The maximum atomic E-state index is 14.1. The van der Waals surface area contributed by atoms with Gasteiger partial charge in [-0.2, -0.15) is 0 Å². The van der Waals surface area contributed by atoms with Crippen molar-refractivity contribution in [3.05, 3.63) is 36.0 Å². The second-order valence-electron chi connectivity index (χ2n) is 10.1. The third-order valence-electron chi connectivity index (χ3n) is 8.28. The lowest BCUT2D eigenvalue weighted by atomic mass is 9.82. The van der Waals surface area contributed by atoms with Crippen LogP contribution in [-0.4, -0.2) is 66.0 Å². The Balaban J connectivity index is 1.42. The largest absolute Gasteiger partial charge is 0.361 e. The van der Waals surface area contributed by atoms with E-state index >= 15 is 0 Å². The van der Waals surface area contributed by atoms with Crippen LogP contribution in [0.5, 0.6) is 0 Å². The normalized spacial score (nSPS) is 27.5. The number of carbonyl (C=O) groups excluding carboxylic acids is 2. The average molecular weight is 452 g/mol. The highest BCUT2D eigenvalue weighted by Crippen LogP contribution is 2.39. The maximum absolute atomic E-state index is 14.1. The van der Waals surface area contributed by atoms with Crippen molar-refractivity contribution in [2.24, 2.45) is 5.92 Å². The summed E-state index contributed by atoms with van der Waals surface area (Å²) in [7, 11) is 1.78. The molecule has 3 unspecified atom stereocenters. The van der Waals surface area contributed by atoms with Gasteiger partial charge in [0.25, 0.3) is 0 Å². The second-order valence-corrected chi connectivity index (χ2v) is 10.1. The number of benzene rings is 1. The van der Waals surface area contributed by atoms with Crippen LogP contribution in [0, 0.1) is 5.92 Å². The number of hydrogen-bond donors (Lipinski definition) is 4. The van der Waals surface area contributed by atoms with Gasteiger partial charge in [-0.15, -0.1) is 0 Å². The Morgan fingerprint density at radius 2 is 1.91 bits per heavy atom. The van der Waals surface area contributed by atoms with E-state index in [1.54, 1.807) is 7.05 Å². The highest BCUT2D eigenvalue weighted by atomic mass is 16.2. The molecular formula is C26H37N5O2. The van der Waals surface area contributed by atoms with E-state index in [9.17, 15) is 9.59 Å². The third kappa shape index (κ3) is 4.17. The summed E-state index contributed by atoms with van der Waals surface area (Å²) in [5, 5.41) is 11.1. The molecule has 0 bridgehead atoms. The highest BCUT2D eigenvalue weighted by molar-refractivity contribution is 5.90. The van der Waals surface area contributed by atoms with Crippen LogP contribution >= 0.6 is 0 Å². The highest BCUT2D eigenvalue weighted by Gasteiger charge is 2.49. The lowest BCUT2D eigenvalue weighted by Gasteiger charge is -2.36. The predicted octanol–water partition coefficient (Wildman–Crippen LogP) is 2.50. The molecule has 5 atom stereocenters. The Bertz CT molecular complexity index is 997. The minimum atomic E-state index is -0.434. The smallest absolute Gasteiger partial charge is 0.245 e. The van der Waals surface area contributed by atoms with E-state index in [1.807, 2.05) is 13.0 Å². The molecule has 0 radical (unpaired) electrons. The SMILES string of the molecule is CN[C@@H](C)C(=O)NC(C(=O)N1CCC2NC[C@H](c3c[nH]c4ccccc34)C21)C1CCCCC1. The molecule has 1 aromatic carbocycles. The van der Waals surface area contributed by atoms with Gasteiger partial charge in [0.1, 0.15) is 6.04 Å². The molecule has 1 aromatic heterocycles. The van der Waals surface area contributed by atoms with Gasteiger partial charge >= 0.3 is 0 Å². The molecule has 0 spiro atoms. The Labute approximate surface area is 196 Å². The van der Waals surface area contributed by atoms with E-state index in [0.29, 0.717) is 6.04 Å². The minimum Gasteiger partial charge on any atom is -0.361 e. The van der Waals surface area contributed by atoms with E-state index in [0.717, 1.165) is 50.7 Å². The summed E-state index contributed by atoms with van der Waals surface area (Å²) in [5.74, 6) is 0.491. The van der Waals surface area contributed by atoms with Crippen LogP contribution in [0.3, 0.4) is 0 Å². The van der Waals surface area contributed by atoms with Gasteiger partial charge in [0.2, 0.25) is 11.8 Å². The molecule has 178 valence electrons. The van der Waals surface area contributed by atoms with E-state index in [-0.39, 0.29) is 35.7 Å². The lowest BCUT2D eigenvalue weighted by molar-refractivity contribution is -0.139. The van der Waals surface area contributed by atoms with Gasteiger partial charge in [0.15, 0.2) is 0 Å². The maximum Gasteiger partial charge on any atom is 0.245 e. The quantitative estimate of drug-likeness (QED) is 0.543. The van der Waals surface area contributed by atoms with Crippen LogP contribution in [0.1, 0.15) is 56.9 Å². The number of rotatable bonds is 6. The average Bonchev–Trinajstić information content (AvgIpc) is 3.57. The number of likely N-dealkylation sites (tertiary alicyclic amines) is 1. The molecule has 2 aliphatic heterocycles. The number of likely N-dealkylation sites (N-methyl/N-ethyl adjacent to an activating group) is 1. The second kappa shape index (κ2) is 9.47. The summed E-state index contributed by atoms with van der Waals surface area (Å²) < 4.78 is 0. The van der Waals surface area contributed by atoms with Crippen LogP contribution in [0.4, 0.5) is 0 Å². The molecule has 3 heterocycles. The Morgan fingerprint density at radius 3 is 2.70 bits per heavy atom. The molecule has 7 heteroatoms. The first-order valence-electron chi connectivity index (χ1n) is 12.7. The summed E-state index contributed by atoms with van der Waals surface area (Å²) in [5.41, 5.74) is 2.42. The molecule has 1 saturated carbocycles. The van der Waals surface area contributed by atoms with Gasteiger partial charge in [-0.3, -0.25) is 9.59 Å². The van der Waals surface area contributed by atoms with Crippen molar-refractivity contribution in [2.45, 2.75) is 75.5 Å². The van der Waals surface area contributed by atoms with E-state index in [2.05, 4.69) is 50.2 Å². The number of nitrogens with one attached hydrogen (secondary N) is 4. The Morgan fingerprint density at radius 1 is 1.12 bits per heavy atom. The number of nitrogens with zero attached hydrogens (tertiary/aromatic N) is 1. The van der Waals surface area contributed by atoms with Crippen molar-refractivity contribution in [2.75, 3.05) is 20.1 Å². The molecule has 7 nitrogen and oxygen atoms in total. The van der Waals surface area contributed by atoms with Gasteiger partial charge in [-0.1, -0.05) is 37.5 Å². The molecule has 2 amide bonds. The van der Waals surface area contributed by atoms with Crippen molar-refractivity contribution < 1.29 is 9.59 Å². The molecule has 5 rings (SSSR count). The number of para-hydroxylation sites is 1. The number of aromatic amines is 1. The first-order chi connectivity index (χ1) is 16.1. The molecule has 2 saturated heterocycles. The topological polar surface area (TPSA) is 89.3 Å². The number of H-pyrrole nitrogens is 1. The van der Waals surface area contributed by atoms with Gasteiger partial charge in [0, 0.05) is 42.1 Å². The molecule has 2 aromatic rings. The van der Waals surface area contributed by atoms with E-state index in [1.165, 1.54) is 17.4 Å². The predicted molar refractivity (Wildman–Crippen MR) is 130 cm³/mol. The van der Waals surface area contributed by atoms with Crippen molar-refractivity contribution in [3.8, 4) is 0 Å². The van der Waals surface area contributed by atoms with Crippen LogP contribution in [0.25, 0.3) is 10.9 Å². The van der Waals surface area contributed by atoms with Crippen LogP contribution in [-0.2, 0) is 9.59 Å². The Kier molecular flexibility index (Phi) is 6.43. The first kappa shape index (κ1) is 22.4. The van der Waals surface area contributed by atoms with Crippen LogP contribution < -0.4 is 16.0 Å². The molecule has 3 aliphatic rings. The lowest BCUT2D eigenvalue weighted by Crippen LogP contribution is -2.57. The van der Waals surface area contributed by atoms with Crippen molar-refractivity contribution >= 4 is 22.7 Å². The molecule has 3 fully saturated rings. The first-order valence-corrected chi connectivity index (χ1v) is 12.7. The zero-order chi connectivity index (χ0) is 22.9. The summed E-state index contributed by atoms with van der Waals surface area (Å²) in [6.07, 6.45) is 8.60. The zero-order valence-electron chi connectivity index (χ0n) is 19.8. The number of aromatic nitrogens is 1. The van der Waals surface area contributed by atoms with E-state index < -0.39 is 6.04 Å². The number of amides is 2. The zero-order valence-corrected chi connectivity index (χ0v) is 19.8. The van der Waals surface area contributed by atoms with Crippen molar-refractivity contribution in [1.82, 2.24) is 25.8 Å². The summed E-state index contributed by atoms with van der Waals surface area (Å²) in [4.78, 5) is 32.4. The third-order valence-corrected chi connectivity index (χ3v) is 8.28. The van der Waals surface area contributed by atoms with Gasteiger partial charge < -0.3 is 25.8 Å². The molecule has 1 aliphatic carbocycles. The molecule has 4 N–H and O–H groups in total. The fraction of sp³-hybridized carbons (Fsp3) is 0.615. The fourth-order valence-corrected chi connectivity index (χ4v) is 6.32. The summed E-state index contributed by atoms with van der Waals surface area (Å²) >= 11 is 0. The number of carbonyl (C=O) groups is 2. The number of fused-ring (bicyclic) bond motifs is 2. The van der Waals surface area contributed by atoms with Gasteiger partial charge in [-0.05, 0) is 50.8 Å². The van der Waals surface area contributed by atoms with Crippen LogP contribution in [0.15, 0.2) is 30.5 Å². The fourth-order valence-electron chi connectivity index (χ4n) is 6.32. The molecule has 33 heavy (non-hydrogen) atoms. The summed E-state index contributed by atoms with van der Waals surface area (Å²) in [6, 6.07) is 8.09. The number of hydrogen-bond acceptors (Lipinski definition) is 4. The van der Waals surface area contributed by atoms with Gasteiger partial charge in [0.05, 0.1) is 12.1 Å². The van der Waals surface area contributed by atoms with Crippen molar-refractivity contribution in [3.63, 3.8) is 0 Å². The monoisotopic (exact) mass is 451 g/mol. The Hall–Kier alpha value is -2.38. The minimum absolute atomic E-state index is 0.0881. The van der Waals surface area contributed by atoms with Crippen LogP contribution in [0.2, 0.25) is 0 Å². The van der Waals surface area contributed by atoms with Crippen molar-refractivity contribution in [1.29, 1.82) is 0 Å².